The highest BCUT2D eigenvalue weighted by molar-refractivity contribution is 6.02. The van der Waals surface area contributed by atoms with Crippen molar-refractivity contribution in [2.45, 2.75) is 18.8 Å². The summed E-state index contributed by atoms with van der Waals surface area (Å²) in [6.45, 7) is 0.754. The zero-order chi connectivity index (χ0) is 14.8. The number of likely N-dealkylation sites (N-methyl/N-ethyl adjacent to an activating group) is 1. The molecule has 0 heterocycles. The maximum atomic E-state index is 13.1. The van der Waals surface area contributed by atoms with Crippen LogP contribution in [0.1, 0.15) is 33.0 Å². The smallest absolute Gasteiger partial charge is 0.171 e. The van der Waals surface area contributed by atoms with Gasteiger partial charge in [-0.1, -0.05) is 48.5 Å². The zero-order valence-corrected chi connectivity index (χ0v) is 12.7. The van der Waals surface area contributed by atoms with Crippen LogP contribution in [-0.2, 0) is 12.8 Å². The number of nitrogens with zero attached hydrogens (tertiary/aromatic N) is 1. The first-order valence-electron chi connectivity index (χ1n) is 7.51. The fraction of sp³-hybridized carbons (Fsp3) is 0.316. The summed E-state index contributed by atoms with van der Waals surface area (Å²) in [5, 5.41) is 0. The molecule has 2 nitrogen and oxygen atoms in total. The van der Waals surface area contributed by atoms with Gasteiger partial charge in [0.1, 0.15) is 0 Å². The quantitative estimate of drug-likeness (QED) is 0.840. The van der Waals surface area contributed by atoms with E-state index in [1.807, 2.05) is 38.4 Å². The molecule has 1 aliphatic rings. The lowest BCUT2D eigenvalue weighted by Crippen LogP contribution is -2.29. The molecule has 0 bridgehead atoms. The van der Waals surface area contributed by atoms with Crippen molar-refractivity contribution in [1.29, 1.82) is 0 Å². The number of aryl methyl sites for hydroxylation is 2. The van der Waals surface area contributed by atoms with E-state index in [0.717, 1.165) is 24.9 Å². The summed E-state index contributed by atoms with van der Waals surface area (Å²) >= 11 is 0. The number of rotatable bonds is 2. The monoisotopic (exact) mass is 279 g/mol. The number of carbonyl (C=O) groups is 1. The van der Waals surface area contributed by atoms with E-state index >= 15 is 0 Å². The molecule has 21 heavy (non-hydrogen) atoms. The van der Waals surface area contributed by atoms with Gasteiger partial charge in [0.25, 0.3) is 0 Å². The Kier molecular flexibility index (Phi) is 3.89. The second-order valence-electron chi connectivity index (χ2n) is 6.04. The Balaban J connectivity index is 2.11. The Hall–Kier alpha value is -1.93. The summed E-state index contributed by atoms with van der Waals surface area (Å²) in [6, 6.07) is 16.5. The van der Waals surface area contributed by atoms with Gasteiger partial charge in [0.05, 0.1) is 5.92 Å². The third-order valence-corrected chi connectivity index (χ3v) is 4.24. The zero-order valence-electron chi connectivity index (χ0n) is 12.7. The lowest BCUT2D eigenvalue weighted by Gasteiger charge is -2.26. The van der Waals surface area contributed by atoms with Crippen LogP contribution in [0.25, 0.3) is 0 Å². The van der Waals surface area contributed by atoms with E-state index in [-0.39, 0.29) is 11.7 Å². The molecule has 0 fully saturated rings. The maximum absolute atomic E-state index is 13.1. The number of Topliss-reactive ketones (excluding diaryl/α,β-unsaturated/α-hetero) is 1. The maximum Gasteiger partial charge on any atom is 0.171 e. The number of carbonyl (C=O) groups excluding carboxylic acids is 1. The standard InChI is InChI=1S/C19H21NO/c1-20(2)13-18-16-9-5-3-7-14(16)11-12-15-8-4-6-10-17(15)19(18)21/h3-10,18H,11-13H2,1-2H3. The Bertz CT molecular complexity index is 660. The van der Waals surface area contributed by atoms with Crippen LogP contribution in [0.5, 0.6) is 0 Å². The topological polar surface area (TPSA) is 20.3 Å². The van der Waals surface area contributed by atoms with Gasteiger partial charge < -0.3 is 4.90 Å². The largest absolute Gasteiger partial charge is 0.308 e. The van der Waals surface area contributed by atoms with Gasteiger partial charge in [0.2, 0.25) is 0 Å². The Morgan fingerprint density at radius 2 is 1.57 bits per heavy atom. The van der Waals surface area contributed by atoms with Crippen LogP contribution in [0.2, 0.25) is 0 Å². The van der Waals surface area contributed by atoms with Crippen molar-refractivity contribution >= 4 is 5.78 Å². The van der Waals surface area contributed by atoms with Gasteiger partial charge in [-0.15, -0.1) is 0 Å². The molecule has 3 rings (SSSR count). The minimum absolute atomic E-state index is 0.0716. The molecule has 0 saturated heterocycles. The van der Waals surface area contributed by atoms with Gasteiger partial charge in [-0.3, -0.25) is 4.79 Å². The normalized spacial score (nSPS) is 17.9. The number of hydrogen-bond acceptors (Lipinski definition) is 2. The van der Waals surface area contributed by atoms with Crippen molar-refractivity contribution in [2.75, 3.05) is 20.6 Å². The van der Waals surface area contributed by atoms with Crippen LogP contribution in [0.4, 0.5) is 0 Å². The third kappa shape index (κ3) is 2.77. The predicted octanol–water partition coefficient (Wildman–Crippen LogP) is 3.31. The second-order valence-corrected chi connectivity index (χ2v) is 6.04. The number of hydrogen-bond donors (Lipinski definition) is 0. The molecule has 0 radical (unpaired) electrons. The van der Waals surface area contributed by atoms with Crippen LogP contribution >= 0.6 is 0 Å². The molecule has 108 valence electrons. The molecule has 0 N–H and O–H groups in total. The Labute approximate surface area is 126 Å². The summed E-state index contributed by atoms with van der Waals surface area (Å²) in [4.78, 5) is 15.2. The fourth-order valence-corrected chi connectivity index (χ4v) is 3.23. The van der Waals surface area contributed by atoms with Gasteiger partial charge >= 0.3 is 0 Å². The predicted molar refractivity (Wildman–Crippen MR) is 85.9 cm³/mol. The molecule has 1 atom stereocenters. The summed E-state index contributed by atoms with van der Waals surface area (Å²) in [7, 11) is 4.06. The van der Waals surface area contributed by atoms with Crippen LogP contribution in [-0.4, -0.2) is 31.3 Å². The van der Waals surface area contributed by atoms with Gasteiger partial charge in [-0.25, -0.2) is 0 Å². The van der Waals surface area contributed by atoms with Crippen molar-refractivity contribution < 1.29 is 4.79 Å². The van der Waals surface area contributed by atoms with Crippen LogP contribution in [0.3, 0.4) is 0 Å². The first kappa shape index (κ1) is 14.0. The van der Waals surface area contributed by atoms with E-state index in [1.54, 1.807) is 0 Å². The van der Waals surface area contributed by atoms with E-state index in [1.165, 1.54) is 16.7 Å². The molecular weight excluding hydrogens is 258 g/mol. The molecule has 2 aromatic carbocycles. The average Bonchev–Trinajstić information content (AvgIpc) is 2.49. The summed E-state index contributed by atoms with van der Waals surface area (Å²) < 4.78 is 0. The molecule has 2 aromatic rings. The van der Waals surface area contributed by atoms with Gasteiger partial charge in [-0.05, 0) is 43.6 Å². The van der Waals surface area contributed by atoms with Gasteiger partial charge in [0.15, 0.2) is 5.78 Å². The average molecular weight is 279 g/mol. The molecule has 0 aliphatic heterocycles. The van der Waals surface area contributed by atoms with E-state index in [2.05, 4.69) is 29.2 Å². The van der Waals surface area contributed by atoms with Gasteiger partial charge in [0, 0.05) is 12.1 Å². The highest BCUT2D eigenvalue weighted by Crippen LogP contribution is 2.30. The highest BCUT2D eigenvalue weighted by Gasteiger charge is 2.28. The molecule has 0 aromatic heterocycles. The molecule has 1 aliphatic carbocycles. The summed E-state index contributed by atoms with van der Waals surface area (Å²) in [6.07, 6.45) is 1.94. The van der Waals surface area contributed by atoms with Crippen molar-refractivity contribution in [1.82, 2.24) is 4.90 Å². The second kappa shape index (κ2) is 5.82. The van der Waals surface area contributed by atoms with Crippen molar-refractivity contribution in [3.63, 3.8) is 0 Å². The van der Waals surface area contributed by atoms with Crippen molar-refractivity contribution in [3.05, 3.63) is 70.8 Å². The summed E-state index contributed by atoms with van der Waals surface area (Å²) in [5.74, 6) is 0.184. The third-order valence-electron chi connectivity index (χ3n) is 4.24. The van der Waals surface area contributed by atoms with E-state index < -0.39 is 0 Å². The van der Waals surface area contributed by atoms with Crippen LogP contribution in [0, 0.1) is 0 Å². The number of ketones is 1. The summed E-state index contributed by atoms with van der Waals surface area (Å²) in [5.41, 5.74) is 4.59. The SMILES string of the molecule is CN(C)CC1C(=O)c2ccccc2CCc2ccccc21. The van der Waals surface area contributed by atoms with E-state index in [9.17, 15) is 4.79 Å². The molecule has 0 spiro atoms. The molecule has 1 unspecified atom stereocenters. The number of benzene rings is 2. The minimum Gasteiger partial charge on any atom is -0.308 e. The lowest BCUT2D eigenvalue weighted by atomic mass is 9.81. The molecular formula is C19H21NO. The van der Waals surface area contributed by atoms with E-state index in [0.29, 0.717) is 0 Å². The number of fused-ring (bicyclic) bond motifs is 2. The van der Waals surface area contributed by atoms with E-state index in [4.69, 9.17) is 0 Å². The first-order valence-corrected chi connectivity index (χ1v) is 7.51. The molecule has 2 heteroatoms. The van der Waals surface area contributed by atoms with Crippen molar-refractivity contribution in [3.8, 4) is 0 Å². The van der Waals surface area contributed by atoms with Crippen LogP contribution in [0.15, 0.2) is 48.5 Å². The minimum atomic E-state index is -0.0716. The van der Waals surface area contributed by atoms with Crippen LogP contribution < -0.4 is 0 Å². The Morgan fingerprint density at radius 3 is 2.33 bits per heavy atom. The van der Waals surface area contributed by atoms with Gasteiger partial charge in [-0.2, -0.15) is 0 Å². The molecule has 0 amide bonds. The first-order chi connectivity index (χ1) is 10.2. The lowest BCUT2D eigenvalue weighted by molar-refractivity contribution is 0.0942. The molecule has 0 saturated carbocycles. The Morgan fingerprint density at radius 1 is 0.952 bits per heavy atom. The van der Waals surface area contributed by atoms with Crippen molar-refractivity contribution in [2.24, 2.45) is 0 Å². The highest BCUT2D eigenvalue weighted by atomic mass is 16.1. The fourth-order valence-electron chi connectivity index (χ4n) is 3.23.